The van der Waals surface area contributed by atoms with E-state index in [1.807, 2.05) is 30.3 Å². The van der Waals surface area contributed by atoms with Crippen molar-refractivity contribution >= 4 is 23.6 Å². The molecule has 1 aliphatic heterocycles. The Kier molecular flexibility index (Phi) is 4.61. The molecule has 0 spiro atoms. The molecule has 1 aliphatic rings. The minimum Gasteiger partial charge on any atom is -0.488 e. The molecular formula is C19H17NO4. The number of esters is 1. The second-order valence-corrected chi connectivity index (χ2v) is 5.25. The van der Waals surface area contributed by atoms with E-state index >= 15 is 0 Å². The Morgan fingerprint density at radius 1 is 1.17 bits per heavy atom. The lowest BCUT2D eigenvalue weighted by Crippen LogP contribution is -2.21. The van der Waals surface area contributed by atoms with Crippen molar-refractivity contribution in [1.29, 1.82) is 0 Å². The van der Waals surface area contributed by atoms with Crippen LogP contribution in [0, 0.1) is 0 Å². The van der Waals surface area contributed by atoms with Crippen LogP contribution >= 0.6 is 0 Å². The molecule has 122 valence electrons. The lowest BCUT2D eigenvalue weighted by molar-refractivity contribution is -0.113. The van der Waals surface area contributed by atoms with Gasteiger partial charge in [-0.2, -0.15) is 0 Å². The van der Waals surface area contributed by atoms with Gasteiger partial charge in [-0.1, -0.05) is 24.3 Å². The third-order valence-corrected chi connectivity index (χ3v) is 3.56. The summed E-state index contributed by atoms with van der Waals surface area (Å²) in [5.41, 5.74) is 2.32. The molecule has 1 heterocycles. The third kappa shape index (κ3) is 3.46. The van der Waals surface area contributed by atoms with Gasteiger partial charge >= 0.3 is 5.97 Å². The molecule has 2 aromatic rings. The number of para-hydroxylation sites is 1. The minimum atomic E-state index is -0.414. The maximum atomic E-state index is 12.4. The van der Waals surface area contributed by atoms with Crippen molar-refractivity contribution in [2.24, 2.45) is 0 Å². The highest BCUT2D eigenvalue weighted by Crippen LogP contribution is 2.26. The van der Waals surface area contributed by atoms with Gasteiger partial charge in [-0.25, -0.2) is 4.79 Å². The van der Waals surface area contributed by atoms with Crippen LogP contribution in [0.4, 0.5) is 5.69 Å². The van der Waals surface area contributed by atoms with Gasteiger partial charge in [-0.15, -0.1) is 0 Å². The Balaban J connectivity index is 1.75. The van der Waals surface area contributed by atoms with Crippen LogP contribution in [-0.2, 0) is 9.53 Å². The molecule has 5 nitrogen and oxygen atoms in total. The minimum absolute atomic E-state index is 0.209. The number of anilines is 1. The third-order valence-electron chi connectivity index (χ3n) is 3.56. The summed E-state index contributed by atoms with van der Waals surface area (Å²) in [5.74, 6) is 0.0895. The molecule has 2 aromatic carbocycles. The lowest BCUT2D eigenvalue weighted by atomic mass is 10.1. The molecule has 0 saturated heterocycles. The van der Waals surface area contributed by atoms with Gasteiger partial charge in [0, 0.05) is 11.3 Å². The maximum absolute atomic E-state index is 12.4. The summed E-state index contributed by atoms with van der Waals surface area (Å²) >= 11 is 0. The number of hydrogen-bond acceptors (Lipinski definition) is 4. The van der Waals surface area contributed by atoms with E-state index in [1.165, 1.54) is 0 Å². The number of ether oxygens (including phenoxy) is 2. The number of amides is 1. The second kappa shape index (κ2) is 7.00. The Hall–Kier alpha value is -3.08. The molecule has 1 amide bonds. The largest absolute Gasteiger partial charge is 0.488 e. The average Bonchev–Trinajstić information content (AvgIpc) is 2.61. The number of benzene rings is 2. The Bertz CT molecular complexity index is 811. The molecule has 0 atom stereocenters. The zero-order valence-corrected chi connectivity index (χ0v) is 13.2. The fourth-order valence-corrected chi connectivity index (χ4v) is 2.40. The van der Waals surface area contributed by atoms with E-state index in [0.29, 0.717) is 23.4 Å². The molecule has 0 saturated carbocycles. The van der Waals surface area contributed by atoms with Crippen LogP contribution in [0.15, 0.2) is 54.1 Å². The van der Waals surface area contributed by atoms with Crippen LogP contribution in [0.1, 0.15) is 22.8 Å². The predicted molar refractivity (Wildman–Crippen MR) is 90.9 cm³/mol. The normalized spacial score (nSPS) is 12.5. The summed E-state index contributed by atoms with van der Waals surface area (Å²) in [4.78, 5) is 24.2. The topological polar surface area (TPSA) is 64.6 Å². The van der Waals surface area contributed by atoms with Crippen molar-refractivity contribution in [1.82, 2.24) is 0 Å². The van der Waals surface area contributed by atoms with Gasteiger partial charge in [-0.3, -0.25) is 4.79 Å². The summed E-state index contributed by atoms with van der Waals surface area (Å²) in [6.07, 6.45) is 1.81. The highest BCUT2D eigenvalue weighted by atomic mass is 16.5. The Morgan fingerprint density at radius 3 is 2.83 bits per heavy atom. The number of nitrogens with one attached hydrogen (secondary N) is 1. The van der Waals surface area contributed by atoms with E-state index in [0.717, 1.165) is 11.3 Å². The van der Waals surface area contributed by atoms with E-state index in [4.69, 9.17) is 9.47 Å². The second-order valence-electron chi connectivity index (χ2n) is 5.25. The first-order chi connectivity index (χ1) is 11.7. The highest BCUT2D eigenvalue weighted by Gasteiger charge is 2.17. The first kappa shape index (κ1) is 15.8. The Morgan fingerprint density at radius 2 is 2.00 bits per heavy atom. The quantitative estimate of drug-likeness (QED) is 0.877. The van der Waals surface area contributed by atoms with Gasteiger partial charge in [-0.05, 0) is 37.3 Å². The standard InChI is InChI=1S/C19H17NO4/c1-2-23-19(22)14-7-5-8-16(11-14)20-18(21)15-10-13-6-3-4-9-17(13)24-12-15/h3-11H,2,12H2,1H3,(H,20,21). The molecular weight excluding hydrogens is 306 g/mol. The van der Waals surface area contributed by atoms with Crippen LogP contribution in [-0.4, -0.2) is 25.1 Å². The lowest BCUT2D eigenvalue weighted by Gasteiger charge is -2.17. The Labute approximate surface area is 139 Å². The molecule has 0 aromatic heterocycles. The summed E-state index contributed by atoms with van der Waals surface area (Å²) in [6, 6.07) is 14.2. The van der Waals surface area contributed by atoms with Crippen LogP contribution < -0.4 is 10.1 Å². The van der Waals surface area contributed by atoms with Crippen LogP contribution in [0.2, 0.25) is 0 Å². The van der Waals surface area contributed by atoms with E-state index in [-0.39, 0.29) is 12.5 Å². The zero-order chi connectivity index (χ0) is 16.9. The molecule has 1 N–H and O–H groups in total. The fourth-order valence-electron chi connectivity index (χ4n) is 2.40. The summed E-state index contributed by atoms with van der Waals surface area (Å²) < 4.78 is 10.5. The van der Waals surface area contributed by atoms with Crippen molar-refractivity contribution in [2.45, 2.75) is 6.92 Å². The number of carbonyl (C=O) groups is 2. The monoisotopic (exact) mass is 323 g/mol. The smallest absolute Gasteiger partial charge is 0.338 e. The molecule has 0 fully saturated rings. The number of hydrogen-bond donors (Lipinski definition) is 1. The van der Waals surface area contributed by atoms with Crippen molar-refractivity contribution in [3.63, 3.8) is 0 Å². The van der Waals surface area contributed by atoms with Gasteiger partial charge in [0.05, 0.1) is 17.7 Å². The van der Waals surface area contributed by atoms with Crippen molar-refractivity contribution in [2.75, 3.05) is 18.5 Å². The average molecular weight is 323 g/mol. The van der Waals surface area contributed by atoms with Crippen molar-refractivity contribution in [3.8, 4) is 5.75 Å². The summed E-state index contributed by atoms with van der Waals surface area (Å²) in [7, 11) is 0. The highest BCUT2D eigenvalue weighted by molar-refractivity contribution is 6.08. The number of fused-ring (bicyclic) bond motifs is 1. The molecule has 0 unspecified atom stereocenters. The van der Waals surface area contributed by atoms with Crippen LogP contribution in [0.25, 0.3) is 6.08 Å². The molecule has 3 rings (SSSR count). The van der Waals surface area contributed by atoms with E-state index in [2.05, 4.69) is 5.32 Å². The first-order valence-electron chi connectivity index (χ1n) is 7.68. The van der Waals surface area contributed by atoms with Gasteiger partial charge in [0.1, 0.15) is 12.4 Å². The SMILES string of the molecule is CCOC(=O)c1cccc(NC(=O)C2=Cc3ccccc3OC2)c1. The summed E-state index contributed by atoms with van der Waals surface area (Å²) in [5, 5.41) is 2.78. The number of carbonyl (C=O) groups excluding carboxylic acids is 2. The zero-order valence-electron chi connectivity index (χ0n) is 13.2. The van der Waals surface area contributed by atoms with Crippen molar-refractivity contribution in [3.05, 3.63) is 65.2 Å². The molecule has 0 radical (unpaired) electrons. The molecule has 5 heteroatoms. The van der Waals surface area contributed by atoms with E-state index < -0.39 is 5.97 Å². The molecule has 24 heavy (non-hydrogen) atoms. The summed E-state index contributed by atoms with van der Waals surface area (Å²) in [6.45, 7) is 2.26. The number of rotatable bonds is 4. The fraction of sp³-hybridized carbons (Fsp3) is 0.158. The van der Waals surface area contributed by atoms with Gasteiger partial charge < -0.3 is 14.8 Å². The molecule has 0 bridgehead atoms. The first-order valence-corrected chi connectivity index (χ1v) is 7.68. The van der Waals surface area contributed by atoms with Gasteiger partial charge in [0.2, 0.25) is 0 Å². The van der Waals surface area contributed by atoms with Gasteiger partial charge in [0.25, 0.3) is 5.91 Å². The molecule has 0 aliphatic carbocycles. The predicted octanol–water partition coefficient (Wildman–Crippen LogP) is 3.28. The van der Waals surface area contributed by atoms with Crippen LogP contribution in [0.5, 0.6) is 5.75 Å². The van der Waals surface area contributed by atoms with E-state index in [9.17, 15) is 9.59 Å². The van der Waals surface area contributed by atoms with Crippen molar-refractivity contribution < 1.29 is 19.1 Å². The van der Waals surface area contributed by atoms with E-state index in [1.54, 1.807) is 31.2 Å². The van der Waals surface area contributed by atoms with Crippen LogP contribution in [0.3, 0.4) is 0 Å². The van der Waals surface area contributed by atoms with Gasteiger partial charge in [0.15, 0.2) is 0 Å². The maximum Gasteiger partial charge on any atom is 0.338 e.